The van der Waals surface area contributed by atoms with Crippen molar-refractivity contribution in [2.24, 2.45) is 0 Å². The van der Waals surface area contributed by atoms with Crippen molar-refractivity contribution < 1.29 is 9.90 Å². The van der Waals surface area contributed by atoms with Gasteiger partial charge in [0.05, 0.1) is 11.1 Å². The summed E-state index contributed by atoms with van der Waals surface area (Å²) in [6.07, 6.45) is 4.58. The molecule has 0 saturated heterocycles. The van der Waals surface area contributed by atoms with Crippen molar-refractivity contribution in [2.45, 2.75) is 38.5 Å². The van der Waals surface area contributed by atoms with E-state index in [4.69, 9.17) is 16.6 Å². The van der Waals surface area contributed by atoms with Gasteiger partial charge in [-0.3, -0.25) is 4.98 Å². The fourth-order valence-corrected chi connectivity index (χ4v) is 3.18. The molecule has 0 spiro atoms. The first kappa shape index (κ1) is 13.4. The van der Waals surface area contributed by atoms with Crippen molar-refractivity contribution in [2.75, 3.05) is 0 Å². The van der Waals surface area contributed by atoms with Gasteiger partial charge in [0.25, 0.3) is 0 Å². The minimum Gasteiger partial charge on any atom is -0.478 e. The molecule has 1 N–H and O–H groups in total. The van der Waals surface area contributed by atoms with Crippen molar-refractivity contribution in [1.82, 2.24) is 4.98 Å². The van der Waals surface area contributed by atoms with Crippen LogP contribution in [0, 0.1) is 6.92 Å². The minimum atomic E-state index is -0.904. The summed E-state index contributed by atoms with van der Waals surface area (Å²) in [4.78, 5) is 16.2. The van der Waals surface area contributed by atoms with E-state index >= 15 is 0 Å². The van der Waals surface area contributed by atoms with Crippen LogP contribution >= 0.6 is 11.6 Å². The summed E-state index contributed by atoms with van der Waals surface area (Å²) < 4.78 is 0. The van der Waals surface area contributed by atoms with Crippen LogP contribution in [-0.2, 0) is 0 Å². The number of halogens is 1. The molecule has 0 unspecified atom stereocenters. The SMILES string of the molecule is Cc1c(Cl)ccc2c(C(=O)O)cc(C3CCCC3)nc12. The van der Waals surface area contributed by atoms with Crippen LogP contribution < -0.4 is 0 Å². The third-order valence-electron chi connectivity index (χ3n) is 4.19. The first-order chi connectivity index (χ1) is 9.58. The average molecular weight is 290 g/mol. The highest BCUT2D eigenvalue weighted by molar-refractivity contribution is 6.32. The number of hydrogen-bond donors (Lipinski definition) is 1. The molecule has 1 aromatic carbocycles. The number of benzene rings is 1. The molecule has 1 aliphatic rings. The van der Waals surface area contributed by atoms with Gasteiger partial charge in [-0.15, -0.1) is 0 Å². The maximum absolute atomic E-state index is 11.5. The average Bonchev–Trinajstić information content (AvgIpc) is 2.96. The van der Waals surface area contributed by atoms with E-state index in [2.05, 4.69) is 0 Å². The van der Waals surface area contributed by atoms with Gasteiger partial charge in [-0.05, 0) is 37.5 Å². The van der Waals surface area contributed by atoms with E-state index in [-0.39, 0.29) is 0 Å². The highest BCUT2D eigenvalue weighted by Crippen LogP contribution is 2.36. The number of rotatable bonds is 2. The molecular weight excluding hydrogens is 274 g/mol. The lowest BCUT2D eigenvalue weighted by Gasteiger charge is -2.13. The van der Waals surface area contributed by atoms with Crippen LogP contribution in [-0.4, -0.2) is 16.1 Å². The predicted octanol–water partition coefficient (Wildman–Crippen LogP) is 4.55. The molecule has 1 heterocycles. The zero-order valence-corrected chi connectivity index (χ0v) is 12.1. The Hall–Kier alpha value is -1.61. The van der Waals surface area contributed by atoms with Crippen LogP contribution in [0.2, 0.25) is 5.02 Å². The molecule has 104 valence electrons. The van der Waals surface area contributed by atoms with Crippen molar-refractivity contribution in [1.29, 1.82) is 0 Å². The molecule has 1 aliphatic carbocycles. The van der Waals surface area contributed by atoms with E-state index in [1.165, 1.54) is 12.8 Å². The van der Waals surface area contributed by atoms with Crippen molar-refractivity contribution in [3.05, 3.63) is 40.0 Å². The van der Waals surface area contributed by atoms with Crippen LogP contribution in [0.3, 0.4) is 0 Å². The lowest BCUT2D eigenvalue weighted by Crippen LogP contribution is -2.05. The number of carboxylic acid groups (broad SMARTS) is 1. The van der Waals surface area contributed by atoms with Gasteiger partial charge in [-0.2, -0.15) is 0 Å². The molecule has 0 aliphatic heterocycles. The van der Waals surface area contributed by atoms with Gasteiger partial charge in [-0.1, -0.05) is 30.5 Å². The summed E-state index contributed by atoms with van der Waals surface area (Å²) >= 11 is 6.14. The van der Waals surface area contributed by atoms with Gasteiger partial charge in [0.15, 0.2) is 0 Å². The van der Waals surface area contributed by atoms with Crippen LogP contribution in [0.15, 0.2) is 18.2 Å². The van der Waals surface area contributed by atoms with Gasteiger partial charge >= 0.3 is 5.97 Å². The molecule has 1 fully saturated rings. The number of pyridine rings is 1. The Kier molecular flexibility index (Phi) is 3.38. The lowest BCUT2D eigenvalue weighted by atomic mass is 9.98. The van der Waals surface area contributed by atoms with E-state index < -0.39 is 5.97 Å². The Bertz CT molecular complexity index is 690. The van der Waals surface area contributed by atoms with E-state index in [9.17, 15) is 9.90 Å². The highest BCUT2D eigenvalue weighted by atomic mass is 35.5. The Balaban J connectivity index is 2.28. The van der Waals surface area contributed by atoms with Crippen LogP contribution in [0.4, 0.5) is 0 Å². The van der Waals surface area contributed by atoms with Gasteiger partial charge in [-0.25, -0.2) is 4.79 Å². The lowest BCUT2D eigenvalue weighted by molar-refractivity contribution is 0.0699. The van der Waals surface area contributed by atoms with E-state index in [1.807, 2.05) is 6.92 Å². The smallest absolute Gasteiger partial charge is 0.336 e. The standard InChI is InChI=1S/C16H16ClNO2/c1-9-13(17)7-6-11-12(16(19)20)8-14(18-15(9)11)10-4-2-3-5-10/h6-8,10H,2-5H2,1H3,(H,19,20). The first-order valence-electron chi connectivity index (χ1n) is 6.91. The Morgan fingerprint density at radius 1 is 1.35 bits per heavy atom. The van der Waals surface area contributed by atoms with Crippen LogP contribution in [0.25, 0.3) is 10.9 Å². The van der Waals surface area contributed by atoms with Crippen LogP contribution in [0.5, 0.6) is 0 Å². The molecule has 3 rings (SSSR count). The van der Waals surface area contributed by atoms with Gasteiger partial charge < -0.3 is 5.11 Å². The number of carboxylic acids is 1. The maximum Gasteiger partial charge on any atom is 0.336 e. The molecule has 0 amide bonds. The topological polar surface area (TPSA) is 50.2 Å². The van der Waals surface area contributed by atoms with Crippen molar-refractivity contribution in [3.63, 3.8) is 0 Å². The Labute approximate surface area is 122 Å². The number of nitrogens with zero attached hydrogens (tertiary/aromatic N) is 1. The second kappa shape index (κ2) is 5.06. The quantitative estimate of drug-likeness (QED) is 0.882. The second-order valence-electron chi connectivity index (χ2n) is 5.45. The maximum atomic E-state index is 11.5. The van der Waals surface area contributed by atoms with Gasteiger partial charge in [0.1, 0.15) is 0 Å². The molecule has 4 heteroatoms. The van der Waals surface area contributed by atoms with Crippen molar-refractivity contribution >= 4 is 28.5 Å². The summed E-state index contributed by atoms with van der Waals surface area (Å²) in [5, 5.41) is 10.7. The third kappa shape index (κ3) is 2.16. The zero-order valence-electron chi connectivity index (χ0n) is 11.3. The largest absolute Gasteiger partial charge is 0.478 e. The molecule has 3 nitrogen and oxygen atoms in total. The normalized spacial score (nSPS) is 15.9. The molecule has 0 radical (unpaired) electrons. The monoisotopic (exact) mass is 289 g/mol. The van der Waals surface area contributed by atoms with Gasteiger partial charge in [0, 0.05) is 22.0 Å². The summed E-state index contributed by atoms with van der Waals surface area (Å²) in [6, 6.07) is 5.23. The zero-order chi connectivity index (χ0) is 14.3. The highest BCUT2D eigenvalue weighted by Gasteiger charge is 2.22. The summed E-state index contributed by atoms with van der Waals surface area (Å²) in [7, 11) is 0. The van der Waals surface area contributed by atoms with Gasteiger partial charge in [0.2, 0.25) is 0 Å². The number of aryl methyl sites for hydroxylation is 1. The first-order valence-corrected chi connectivity index (χ1v) is 7.29. The Morgan fingerprint density at radius 2 is 2.05 bits per heavy atom. The molecule has 1 aromatic heterocycles. The third-order valence-corrected chi connectivity index (χ3v) is 4.60. The molecule has 2 aromatic rings. The van der Waals surface area contributed by atoms with Crippen LogP contribution in [0.1, 0.15) is 53.2 Å². The fraction of sp³-hybridized carbons (Fsp3) is 0.375. The molecule has 0 bridgehead atoms. The van der Waals surface area contributed by atoms with E-state index in [0.717, 1.165) is 29.6 Å². The fourth-order valence-electron chi connectivity index (χ4n) is 3.03. The second-order valence-corrected chi connectivity index (χ2v) is 5.86. The summed E-state index contributed by atoms with van der Waals surface area (Å²) in [6.45, 7) is 1.89. The van der Waals surface area contributed by atoms with Crippen molar-refractivity contribution in [3.8, 4) is 0 Å². The number of aromatic carboxylic acids is 1. The summed E-state index contributed by atoms with van der Waals surface area (Å²) in [5.74, 6) is -0.519. The molecule has 20 heavy (non-hydrogen) atoms. The molecule has 0 atom stereocenters. The van der Waals surface area contributed by atoms with E-state index in [1.54, 1.807) is 18.2 Å². The van der Waals surface area contributed by atoms with E-state index in [0.29, 0.717) is 21.9 Å². The number of fused-ring (bicyclic) bond motifs is 1. The number of carbonyl (C=O) groups is 1. The number of aromatic nitrogens is 1. The predicted molar refractivity (Wildman–Crippen MR) is 79.7 cm³/mol. The Morgan fingerprint density at radius 3 is 2.70 bits per heavy atom. The number of hydrogen-bond acceptors (Lipinski definition) is 2. The minimum absolute atomic E-state index is 0.330. The molecular formula is C16H16ClNO2. The molecule has 1 saturated carbocycles. The summed E-state index contributed by atoms with van der Waals surface area (Å²) in [5.41, 5.74) is 2.81.